The van der Waals surface area contributed by atoms with Crippen molar-refractivity contribution in [2.45, 2.75) is 25.7 Å². The van der Waals surface area contributed by atoms with Gasteiger partial charge in [-0.15, -0.1) is 11.3 Å². The summed E-state index contributed by atoms with van der Waals surface area (Å²) in [6.45, 7) is 1.48. The molecule has 2 aliphatic rings. The van der Waals surface area contributed by atoms with Gasteiger partial charge in [-0.05, 0) is 37.1 Å². The van der Waals surface area contributed by atoms with Crippen molar-refractivity contribution in [3.8, 4) is 27.6 Å². The van der Waals surface area contributed by atoms with Gasteiger partial charge in [0.15, 0.2) is 6.61 Å². The number of amides is 2. The fourth-order valence-electron chi connectivity index (χ4n) is 4.25. The van der Waals surface area contributed by atoms with Crippen molar-refractivity contribution in [3.05, 3.63) is 52.9 Å². The summed E-state index contributed by atoms with van der Waals surface area (Å²) in [6, 6.07) is 13.3. The number of benzene rings is 2. The molecule has 0 N–H and O–H groups in total. The molecule has 8 heteroatoms. The maximum atomic E-state index is 13.0. The minimum Gasteiger partial charge on any atom is -0.482 e. The number of aromatic nitrogens is 1. The Labute approximate surface area is 201 Å². The predicted octanol–water partition coefficient (Wildman–Crippen LogP) is 5.26. The van der Waals surface area contributed by atoms with E-state index >= 15 is 0 Å². The SMILES string of the molecule is O=C(CN1C(=O)COc2ccc(-c3csc(-c4ccccc4Cl)n3)cc21)N1CCCCCC1. The summed E-state index contributed by atoms with van der Waals surface area (Å²) in [5, 5.41) is 3.45. The van der Waals surface area contributed by atoms with Crippen LogP contribution in [0.15, 0.2) is 47.8 Å². The van der Waals surface area contributed by atoms with Gasteiger partial charge in [-0.25, -0.2) is 4.98 Å². The van der Waals surface area contributed by atoms with E-state index in [1.54, 1.807) is 4.90 Å². The molecule has 2 aliphatic heterocycles. The number of thiazole rings is 1. The third kappa shape index (κ3) is 4.61. The van der Waals surface area contributed by atoms with E-state index in [1.807, 2.05) is 52.7 Å². The van der Waals surface area contributed by atoms with E-state index in [4.69, 9.17) is 21.3 Å². The van der Waals surface area contributed by atoms with Gasteiger partial charge < -0.3 is 9.64 Å². The molecule has 0 unspecified atom stereocenters. The minimum absolute atomic E-state index is 0.0156. The molecule has 2 amide bonds. The zero-order valence-electron chi connectivity index (χ0n) is 18.1. The summed E-state index contributed by atoms with van der Waals surface area (Å²) in [5.41, 5.74) is 3.14. The molecule has 1 aromatic heterocycles. The van der Waals surface area contributed by atoms with Crippen LogP contribution >= 0.6 is 22.9 Å². The number of ether oxygens (including phenoxy) is 1. The highest BCUT2D eigenvalue weighted by atomic mass is 35.5. The maximum Gasteiger partial charge on any atom is 0.265 e. The van der Waals surface area contributed by atoms with Crippen LogP contribution in [0.4, 0.5) is 5.69 Å². The molecule has 33 heavy (non-hydrogen) atoms. The fraction of sp³-hybridized carbons (Fsp3) is 0.320. The smallest absolute Gasteiger partial charge is 0.265 e. The zero-order chi connectivity index (χ0) is 22.8. The van der Waals surface area contributed by atoms with E-state index < -0.39 is 0 Å². The van der Waals surface area contributed by atoms with Gasteiger partial charge in [0.05, 0.1) is 16.4 Å². The Morgan fingerprint density at radius 3 is 2.67 bits per heavy atom. The number of likely N-dealkylation sites (tertiary alicyclic amines) is 1. The van der Waals surface area contributed by atoms with Crippen LogP contribution in [0.1, 0.15) is 25.7 Å². The van der Waals surface area contributed by atoms with E-state index in [2.05, 4.69) is 0 Å². The standard InChI is InChI=1S/C25H24ClN3O3S/c26-19-8-4-3-7-18(19)25-27-20(16-33-25)17-9-10-22-21(13-17)29(24(31)15-32-22)14-23(30)28-11-5-1-2-6-12-28/h3-4,7-10,13,16H,1-2,5-6,11-12,14-15H2. The second-order valence-electron chi connectivity index (χ2n) is 8.26. The molecule has 3 aromatic rings. The molecule has 5 rings (SSSR count). The molecular weight excluding hydrogens is 458 g/mol. The van der Waals surface area contributed by atoms with Gasteiger partial charge in [0, 0.05) is 29.6 Å². The van der Waals surface area contributed by atoms with Crippen LogP contribution in [0.25, 0.3) is 21.8 Å². The van der Waals surface area contributed by atoms with Crippen molar-refractivity contribution >= 4 is 40.4 Å². The monoisotopic (exact) mass is 481 g/mol. The van der Waals surface area contributed by atoms with Crippen LogP contribution in [0, 0.1) is 0 Å². The van der Waals surface area contributed by atoms with Gasteiger partial charge in [0.2, 0.25) is 5.91 Å². The number of nitrogens with zero attached hydrogens (tertiary/aromatic N) is 3. The first-order valence-corrected chi connectivity index (χ1v) is 12.4. The summed E-state index contributed by atoms with van der Waals surface area (Å²) in [4.78, 5) is 33.9. The van der Waals surface area contributed by atoms with E-state index in [0.717, 1.165) is 60.6 Å². The van der Waals surface area contributed by atoms with Gasteiger partial charge >= 0.3 is 0 Å². The Kier molecular flexibility index (Phi) is 6.33. The number of hydrogen-bond acceptors (Lipinski definition) is 5. The average Bonchev–Trinajstić information content (AvgIpc) is 3.15. The normalized spacial score (nSPS) is 16.2. The number of fused-ring (bicyclic) bond motifs is 1. The quantitative estimate of drug-likeness (QED) is 0.510. The third-order valence-electron chi connectivity index (χ3n) is 6.06. The number of carbonyl (C=O) groups is 2. The van der Waals surface area contributed by atoms with E-state index in [-0.39, 0.29) is 25.0 Å². The molecule has 3 heterocycles. The molecule has 0 saturated carbocycles. The Hall–Kier alpha value is -2.90. The van der Waals surface area contributed by atoms with E-state index in [9.17, 15) is 9.59 Å². The second-order valence-corrected chi connectivity index (χ2v) is 9.53. The lowest BCUT2D eigenvalue weighted by Crippen LogP contribution is -2.46. The van der Waals surface area contributed by atoms with Crippen molar-refractivity contribution in [1.82, 2.24) is 9.88 Å². The predicted molar refractivity (Wildman–Crippen MR) is 131 cm³/mol. The highest BCUT2D eigenvalue weighted by Crippen LogP contribution is 2.38. The molecule has 0 spiro atoms. The lowest BCUT2D eigenvalue weighted by molar-refractivity contribution is -0.132. The van der Waals surface area contributed by atoms with Gasteiger partial charge in [-0.3, -0.25) is 14.5 Å². The van der Waals surface area contributed by atoms with Crippen LogP contribution in [0.5, 0.6) is 5.75 Å². The first-order chi connectivity index (χ1) is 16.1. The highest BCUT2D eigenvalue weighted by Gasteiger charge is 2.29. The number of anilines is 1. The van der Waals surface area contributed by atoms with Gasteiger partial charge in [-0.1, -0.05) is 42.6 Å². The van der Waals surface area contributed by atoms with Crippen molar-refractivity contribution in [3.63, 3.8) is 0 Å². The molecule has 0 aliphatic carbocycles. The molecule has 2 aromatic carbocycles. The van der Waals surface area contributed by atoms with E-state index in [0.29, 0.717) is 16.5 Å². The summed E-state index contributed by atoms with van der Waals surface area (Å²) >= 11 is 7.85. The number of halogens is 1. The lowest BCUT2D eigenvalue weighted by Gasteiger charge is -2.31. The first-order valence-electron chi connectivity index (χ1n) is 11.2. The van der Waals surface area contributed by atoms with Gasteiger partial charge in [0.25, 0.3) is 5.91 Å². The van der Waals surface area contributed by atoms with Crippen molar-refractivity contribution < 1.29 is 14.3 Å². The first kappa shape index (κ1) is 21.9. The number of rotatable bonds is 4. The molecule has 170 valence electrons. The molecule has 0 atom stereocenters. The largest absolute Gasteiger partial charge is 0.482 e. The molecule has 0 radical (unpaired) electrons. The number of carbonyl (C=O) groups excluding carboxylic acids is 2. The van der Waals surface area contributed by atoms with Gasteiger partial charge in [0.1, 0.15) is 17.3 Å². The lowest BCUT2D eigenvalue weighted by atomic mass is 10.1. The summed E-state index contributed by atoms with van der Waals surface area (Å²) in [5.74, 6) is 0.375. The highest BCUT2D eigenvalue weighted by molar-refractivity contribution is 7.13. The Bertz CT molecular complexity index is 1190. The Morgan fingerprint density at radius 1 is 1.09 bits per heavy atom. The molecule has 1 saturated heterocycles. The molecular formula is C25H24ClN3O3S. The van der Waals surface area contributed by atoms with Crippen LogP contribution in [0.3, 0.4) is 0 Å². The van der Waals surface area contributed by atoms with Gasteiger partial charge in [-0.2, -0.15) is 0 Å². The summed E-state index contributed by atoms with van der Waals surface area (Å²) in [7, 11) is 0. The minimum atomic E-state index is -0.210. The topological polar surface area (TPSA) is 62.7 Å². The molecule has 0 bridgehead atoms. The van der Waals surface area contributed by atoms with Crippen molar-refractivity contribution in [1.29, 1.82) is 0 Å². The molecule has 1 fully saturated rings. The fourth-order valence-corrected chi connectivity index (χ4v) is 5.40. The number of hydrogen-bond donors (Lipinski definition) is 0. The Balaban J connectivity index is 1.42. The van der Waals surface area contributed by atoms with Crippen molar-refractivity contribution in [2.75, 3.05) is 31.1 Å². The van der Waals surface area contributed by atoms with E-state index in [1.165, 1.54) is 11.3 Å². The average molecular weight is 482 g/mol. The maximum absolute atomic E-state index is 13.0. The third-order valence-corrected chi connectivity index (χ3v) is 7.26. The summed E-state index contributed by atoms with van der Waals surface area (Å²) < 4.78 is 5.64. The Morgan fingerprint density at radius 2 is 1.88 bits per heavy atom. The zero-order valence-corrected chi connectivity index (χ0v) is 19.7. The summed E-state index contributed by atoms with van der Waals surface area (Å²) in [6.07, 6.45) is 4.33. The van der Waals surface area contributed by atoms with Crippen LogP contribution in [-0.4, -0.2) is 47.9 Å². The van der Waals surface area contributed by atoms with Crippen LogP contribution < -0.4 is 9.64 Å². The second kappa shape index (κ2) is 9.53. The van der Waals surface area contributed by atoms with Crippen LogP contribution in [0.2, 0.25) is 5.02 Å². The molecule has 6 nitrogen and oxygen atoms in total. The van der Waals surface area contributed by atoms with Crippen LogP contribution in [-0.2, 0) is 9.59 Å². The van der Waals surface area contributed by atoms with Crippen molar-refractivity contribution in [2.24, 2.45) is 0 Å².